The van der Waals surface area contributed by atoms with Crippen LogP contribution in [0.3, 0.4) is 0 Å². The minimum Gasteiger partial charge on any atom is -0.520 e. The molecule has 0 aromatic rings. The van der Waals surface area contributed by atoms with Crippen molar-refractivity contribution in [2.24, 2.45) is 5.92 Å². The smallest absolute Gasteiger partial charge is 0.264 e. The van der Waals surface area contributed by atoms with Crippen LogP contribution in [-0.4, -0.2) is 23.5 Å². The molecule has 0 atom stereocenters. The van der Waals surface area contributed by atoms with Gasteiger partial charge in [0.25, 0.3) is 5.95 Å². The highest BCUT2D eigenvalue weighted by molar-refractivity contribution is 6.83. The van der Waals surface area contributed by atoms with Crippen LogP contribution in [0.1, 0.15) is 32.1 Å². The van der Waals surface area contributed by atoms with Crippen LogP contribution in [-0.2, 0) is 9.16 Å². The van der Waals surface area contributed by atoms with Gasteiger partial charge in [0.15, 0.2) is 0 Å². The van der Waals surface area contributed by atoms with Crippen LogP contribution < -0.4 is 0 Å². The van der Waals surface area contributed by atoms with Crippen molar-refractivity contribution in [1.29, 1.82) is 0 Å². The molecule has 21 heavy (non-hydrogen) atoms. The molecule has 0 heterocycles. The molecule has 0 aromatic carbocycles. The molecule has 0 bridgehead atoms. The van der Waals surface area contributed by atoms with Crippen LogP contribution >= 0.6 is 0 Å². The number of hydrogen-bond acceptors (Lipinski definition) is 2. The SMILES string of the molecule is CO/C(O[Si](C)(C)C)=C(/C=C/C1CCCCC1)[Si](C)(C)C. The quantitative estimate of drug-likeness (QED) is 0.353. The van der Waals surface area contributed by atoms with Crippen molar-refractivity contribution in [2.45, 2.75) is 71.4 Å². The Morgan fingerprint density at radius 2 is 1.52 bits per heavy atom. The van der Waals surface area contributed by atoms with E-state index in [1.807, 2.05) is 0 Å². The zero-order valence-electron chi connectivity index (χ0n) is 15.1. The lowest BCUT2D eigenvalue weighted by molar-refractivity contribution is 0.145. The summed E-state index contributed by atoms with van der Waals surface area (Å²) in [5.41, 5.74) is 0. The molecule has 0 aliphatic heterocycles. The van der Waals surface area contributed by atoms with Crippen LogP contribution in [0.4, 0.5) is 0 Å². The molecule has 1 saturated carbocycles. The summed E-state index contributed by atoms with van der Waals surface area (Å²) < 4.78 is 11.8. The Morgan fingerprint density at radius 3 is 1.95 bits per heavy atom. The summed E-state index contributed by atoms with van der Waals surface area (Å²) in [6.07, 6.45) is 11.6. The molecule has 1 aliphatic rings. The molecule has 0 spiro atoms. The number of methoxy groups -OCH3 is 1. The molecular weight excluding hydrogens is 292 g/mol. The van der Waals surface area contributed by atoms with Gasteiger partial charge in [0.05, 0.1) is 15.2 Å². The van der Waals surface area contributed by atoms with Gasteiger partial charge in [-0.25, -0.2) is 0 Å². The molecule has 0 saturated heterocycles. The standard InChI is InChI=1S/C17H34O2Si2/c1-18-17(19-21(5,6)7)16(20(2,3)4)14-13-15-11-9-8-10-12-15/h13-15H,8-12H2,1-7H3/b14-13+,17-16+. The molecule has 4 heteroatoms. The van der Waals surface area contributed by atoms with E-state index >= 15 is 0 Å². The van der Waals surface area contributed by atoms with Crippen molar-refractivity contribution >= 4 is 16.4 Å². The van der Waals surface area contributed by atoms with Gasteiger partial charge in [0.2, 0.25) is 8.32 Å². The zero-order chi connectivity index (χ0) is 16.1. The molecule has 1 rings (SSSR count). The van der Waals surface area contributed by atoms with Gasteiger partial charge in [-0.15, -0.1) is 0 Å². The van der Waals surface area contributed by atoms with Gasteiger partial charge in [0, 0.05) is 5.20 Å². The van der Waals surface area contributed by atoms with E-state index in [-0.39, 0.29) is 0 Å². The molecule has 1 aliphatic carbocycles. The topological polar surface area (TPSA) is 18.5 Å². The fourth-order valence-corrected chi connectivity index (χ4v) is 4.88. The summed E-state index contributed by atoms with van der Waals surface area (Å²) in [5, 5.41) is 1.32. The number of allylic oxidation sites excluding steroid dienone is 3. The largest absolute Gasteiger partial charge is 0.520 e. The number of rotatable bonds is 6. The summed E-state index contributed by atoms with van der Waals surface area (Å²) in [7, 11) is -1.40. The third-order valence-corrected chi connectivity index (χ3v) is 6.58. The van der Waals surface area contributed by atoms with Crippen LogP contribution in [0, 0.1) is 5.92 Å². The fraction of sp³-hybridized carbons (Fsp3) is 0.765. The average Bonchev–Trinajstić information content (AvgIpc) is 2.36. The van der Waals surface area contributed by atoms with E-state index in [4.69, 9.17) is 9.16 Å². The monoisotopic (exact) mass is 326 g/mol. The van der Waals surface area contributed by atoms with E-state index in [2.05, 4.69) is 51.4 Å². The summed E-state index contributed by atoms with van der Waals surface area (Å²) in [4.78, 5) is 0. The van der Waals surface area contributed by atoms with E-state index in [0.717, 1.165) is 11.9 Å². The minimum absolute atomic E-state index is 0.745. The van der Waals surface area contributed by atoms with Crippen molar-refractivity contribution in [3.8, 4) is 0 Å². The Bertz CT molecular complexity index is 381. The van der Waals surface area contributed by atoms with E-state index in [0.29, 0.717) is 0 Å². The Morgan fingerprint density at radius 1 is 0.952 bits per heavy atom. The van der Waals surface area contributed by atoms with Crippen molar-refractivity contribution < 1.29 is 9.16 Å². The van der Waals surface area contributed by atoms with E-state index < -0.39 is 16.4 Å². The second kappa shape index (κ2) is 7.68. The van der Waals surface area contributed by atoms with Gasteiger partial charge >= 0.3 is 0 Å². The highest BCUT2D eigenvalue weighted by Crippen LogP contribution is 2.28. The van der Waals surface area contributed by atoms with Crippen LogP contribution in [0.5, 0.6) is 0 Å². The molecule has 0 unspecified atom stereocenters. The second-order valence-electron chi connectivity index (χ2n) is 8.13. The molecule has 122 valence electrons. The molecule has 1 fully saturated rings. The van der Waals surface area contributed by atoms with Crippen molar-refractivity contribution in [1.82, 2.24) is 0 Å². The van der Waals surface area contributed by atoms with Gasteiger partial charge in [-0.3, -0.25) is 0 Å². The van der Waals surface area contributed by atoms with Gasteiger partial charge in [-0.05, 0) is 38.4 Å². The lowest BCUT2D eigenvalue weighted by atomic mass is 9.89. The first-order valence-electron chi connectivity index (χ1n) is 8.29. The summed E-state index contributed by atoms with van der Waals surface area (Å²) in [6.45, 7) is 13.7. The van der Waals surface area contributed by atoms with Crippen molar-refractivity contribution in [2.75, 3.05) is 7.11 Å². The van der Waals surface area contributed by atoms with Gasteiger partial charge in [-0.2, -0.15) is 0 Å². The van der Waals surface area contributed by atoms with E-state index in [1.54, 1.807) is 7.11 Å². The van der Waals surface area contributed by atoms with Crippen LogP contribution in [0.25, 0.3) is 0 Å². The maximum atomic E-state index is 6.20. The Labute approximate surface area is 133 Å². The maximum Gasteiger partial charge on any atom is 0.264 e. The molecule has 0 amide bonds. The van der Waals surface area contributed by atoms with E-state index in [9.17, 15) is 0 Å². The Balaban J connectivity index is 3.00. The third-order valence-electron chi connectivity index (χ3n) is 3.80. The average molecular weight is 327 g/mol. The van der Waals surface area contributed by atoms with Crippen LogP contribution in [0.15, 0.2) is 23.3 Å². The highest BCUT2D eigenvalue weighted by Gasteiger charge is 2.27. The first-order valence-corrected chi connectivity index (χ1v) is 15.2. The highest BCUT2D eigenvalue weighted by atomic mass is 28.4. The van der Waals surface area contributed by atoms with Gasteiger partial charge in [0.1, 0.15) is 0 Å². The predicted molar refractivity (Wildman–Crippen MR) is 97.5 cm³/mol. The summed E-state index contributed by atoms with van der Waals surface area (Å²) >= 11 is 0. The lowest BCUT2D eigenvalue weighted by Crippen LogP contribution is -2.31. The van der Waals surface area contributed by atoms with Gasteiger partial charge in [-0.1, -0.05) is 51.1 Å². The maximum absolute atomic E-state index is 6.20. The van der Waals surface area contributed by atoms with Crippen LogP contribution in [0.2, 0.25) is 39.3 Å². The second-order valence-corrected chi connectivity index (χ2v) is 17.6. The molecular formula is C17H34O2Si2. The fourth-order valence-electron chi connectivity index (χ4n) is 2.67. The molecule has 0 N–H and O–H groups in total. The first kappa shape index (κ1) is 18.6. The normalized spacial score (nSPS) is 19.6. The van der Waals surface area contributed by atoms with Crippen molar-refractivity contribution in [3.63, 3.8) is 0 Å². The predicted octanol–water partition coefficient (Wildman–Crippen LogP) is 5.71. The number of hydrogen-bond donors (Lipinski definition) is 0. The summed E-state index contributed by atoms with van der Waals surface area (Å²) in [5.74, 6) is 1.52. The molecule has 0 aromatic heterocycles. The number of ether oxygens (including phenoxy) is 1. The van der Waals surface area contributed by atoms with Gasteiger partial charge < -0.3 is 9.16 Å². The Kier molecular flexibility index (Phi) is 6.79. The Hall–Kier alpha value is -0.486. The summed E-state index contributed by atoms with van der Waals surface area (Å²) in [6, 6.07) is 0. The molecule has 2 nitrogen and oxygen atoms in total. The first-order chi connectivity index (χ1) is 9.63. The lowest BCUT2D eigenvalue weighted by Gasteiger charge is -2.27. The zero-order valence-corrected chi connectivity index (χ0v) is 17.1. The van der Waals surface area contributed by atoms with E-state index in [1.165, 1.54) is 37.3 Å². The molecule has 0 radical (unpaired) electrons. The van der Waals surface area contributed by atoms with Crippen molar-refractivity contribution in [3.05, 3.63) is 23.3 Å². The third kappa shape index (κ3) is 6.87. The minimum atomic E-state index is -1.65.